The molecule has 0 aliphatic carbocycles. The minimum absolute atomic E-state index is 0.0177. The molecule has 2 aromatic heterocycles. The molecule has 0 atom stereocenters. The Morgan fingerprint density at radius 3 is 2.58 bits per heavy atom. The molecular formula is C23H17FN2O5. The lowest BCUT2D eigenvalue weighted by Crippen LogP contribution is -2.15. The molecule has 0 radical (unpaired) electrons. The number of ether oxygens (including phenoxy) is 2. The van der Waals surface area contributed by atoms with Crippen LogP contribution in [0.1, 0.15) is 26.4 Å². The van der Waals surface area contributed by atoms with E-state index in [9.17, 15) is 14.0 Å². The summed E-state index contributed by atoms with van der Waals surface area (Å²) in [6.07, 6.45) is 0. The summed E-state index contributed by atoms with van der Waals surface area (Å²) in [5, 5.41) is 4.29. The summed E-state index contributed by atoms with van der Waals surface area (Å²) in [5.74, 6) is -1.95. The molecule has 31 heavy (non-hydrogen) atoms. The predicted molar refractivity (Wildman–Crippen MR) is 110 cm³/mol. The second-order valence-electron chi connectivity index (χ2n) is 6.72. The van der Waals surface area contributed by atoms with Crippen LogP contribution < -0.4 is 4.74 Å². The van der Waals surface area contributed by atoms with Crippen molar-refractivity contribution in [2.45, 2.75) is 6.92 Å². The first kappa shape index (κ1) is 20.2. The summed E-state index contributed by atoms with van der Waals surface area (Å²) in [6.45, 7) is 1.12. The molecule has 156 valence electrons. The van der Waals surface area contributed by atoms with Gasteiger partial charge in [-0.25, -0.2) is 14.2 Å². The highest BCUT2D eigenvalue weighted by Crippen LogP contribution is 2.27. The highest BCUT2D eigenvalue weighted by atomic mass is 19.1. The van der Waals surface area contributed by atoms with Crippen LogP contribution in [0.4, 0.5) is 4.39 Å². The normalized spacial score (nSPS) is 10.8. The monoisotopic (exact) mass is 420 g/mol. The summed E-state index contributed by atoms with van der Waals surface area (Å²) in [7, 11) is 1.33. The number of esters is 1. The topological polar surface area (TPSA) is 91.5 Å². The molecule has 0 spiro atoms. The molecule has 0 saturated carbocycles. The number of ketones is 1. The zero-order valence-electron chi connectivity index (χ0n) is 16.7. The number of aromatic nitrogens is 2. The summed E-state index contributed by atoms with van der Waals surface area (Å²) < 4.78 is 29.2. The van der Waals surface area contributed by atoms with E-state index in [1.807, 2.05) is 30.3 Å². The SMILES string of the molecule is COc1ccc(C(=O)COC(=O)c2cc(-c3ccccc3)nc3onc(C)c23)cc1F. The van der Waals surface area contributed by atoms with Crippen LogP contribution in [0.15, 0.2) is 59.1 Å². The van der Waals surface area contributed by atoms with Crippen molar-refractivity contribution in [3.8, 4) is 17.0 Å². The van der Waals surface area contributed by atoms with E-state index in [1.54, 1.807) is 13.0 Å². The zero-order chi connectivity index (χ0) is 22.0. The molecule has 0 aliphatic rings. The van der Waals surface area contributed by atoms with E-state index in [1.165, 1.54) is 19.2 Å². The Morgan fingerprint density at radius 1 is 1.10 bits per heavy atom. The van der Waals surface area contributed by atoms with Crippen molar-refractivity contribution in [2.24, 2.45) is 0 Å². The van der Waals surface area contributed by atoms with E-state index in [-0.39, 0.29) is 22.6 Å². The van der Waals surface area contributed by atoms with Crippen LogP contribution in [0.5, 0.6) is 5.75 Å². The molecule has 7 nitrogen and oxygen atoms in total. The maximum absolute atomic E-state index is 13.9. The lowest BCUT2D eigenvalue weighted by atomic mass is 10.1. The number of rotatable bonds is 6. The van der Waals surface area contributed by atoms with Crippen LogP contribution in [0, 0.1) is 12.7 Å². The number of fused-ring (bicyclic) bond motifs is 1. The van der Waals surface area contributed by atoms with Crippen LogP contribution in [-0.2, 0) is 4.74 Å². The molecule has 0 saturated heterocycles. The number of nitrogens with zero attached hydrogens (tertiary/aromatic N) is 2. The first-order valence-corrected chi connectivity index (χ1v) is 9.34. The van der Waals surface area contributed by atoms with Crippen LogP contribution in [0.2, 0.25) is 0 Å². The van der Waals surface area contributed by atoms with Gasteiger partial charge in [0.15, 0.2) is 24.0 Å². The summed E-state index contributed by atoms with van der Waals surface area (Å²) in [5.41, 5.74) is 2.18. The van der Waals surface area contributed by atoms with Gasteiger partial charge in [0.1, 0.15) is 0 Å². The lowest BCUT2D eigenvalue weighted by Gasteiger charge is -2.08. The molecule has 0 unspecified atom stereocenters. The van der Waals surface area contributed by atoms with Crippen molar-refractivity contribution >= 4 is 22.9 Å². The van der Waals surface area contributed by atoms with Crippen molar-refractivity contribution in [1.29, 1.82) is 0 Å². The Labute approximate surface area is 176 Å². The predicted octanol–water partition coefficient (Wildman–Crippen LogP) is 4.39. The van der Waals surface area contributed by atoms with E-state index < -0.39 is 24.2 Å². The number of methoxy groups -OCH3 is 1. The molecule has 4 aromatic rings. The van der Waals surface area contributed by atoms with Crippen molar-refractivity contribution in [2.75, 3.05) is 13.7 Å². The second kappa shape index (κ2) is 8.35. The maximum Gasteiger partial charge on any atom is 0.339 e. The Hall–Kier alpha value is -4.07. The fourth-order valence-corrected chi connectivity index (χ4v) is 3.14. The minimum Gasteiger partial charge on any atom is -0.494 e. The fourth-order valence-electron chi connectivity index (χ4n) is 3.14. The molecule has 2 aromatic carbocycles. The lowest BCUT2D eigenvalue weighted by molar-refractivity contribution is 0.0476. The van der Waals surface area contributed by atoms with E-state index in [4.69, 9.17) is 14.0 Å². The zero-order valence-corrected chi connectivity index (χ0v) is 16.7. The van der Waals surface area contributed by atoms with E-state index in [0.29, 0.717) is 16.8 Å². The largest absolute Gasteiger partial charge is 0.494 e. The fraction of sp³-hybridized carbons (Fsp3) is 0.130. The summed E-state index contributed by atoms with van der Waals surface area (Å²) in [4.78, 5) is 29.6. The number of benzene rings is 2. The molecule has 2 heterocycles. The number of hydrogen-bond donors (Lipinski definition) is 0. The molecule has 0 fully saturated rings. The molecule has 0 bridgehead atoms. The van der Waals surface area contributed by atoms with Crippen molar-refractivity contribution in [3.63, 3.8) is 0 Å². The van der Waals surface area contributed by atoms with Crippen molar-refractivity contribution in [3.05, 3.63) is 77.2 Å². The summed E-state index contributed by atoms with van der Waals surface area (Å²) in [6, 6.07) is 14.6. The first-order valence-electron chi connectivity index (χ1n) is 9.34. The Morgan fingerprint density at radius 2 is 1.87 bits per heavy atom. The minimum atomic E-state index is -0.738. The molecule has 0 N–H and O–H groups in total. The Balaban J connectivity index is 1.60. The van der Waals surface area contributed by atoms with Gasteiger partial charge in [0.2, 0.25) is 0 Å². The molecular weight excluding hydrogens is 403 g/mol. The number of hydrogen-bond acceptors (Lipinski definition) is 7. The van der Waals surface area contributed by atoms with Gasteiger partial charge in [0.05, 0.1) is 29.4 Å². The molecule has 4 rings (SSSR count). The van der Waals surface area contributed by atoms with Crippen LogP contribution >= 0.6 is 0 Å². The maximum atomic E-state index is 13.9. The van der Waals surface area contributed by atoms with Crippen LogP contribution in [0.25, 0.3) is 22.4 Å². The van der Waals surface area contributed by atoms with Gasteiger partial charge in [-0.3, -0.25) is 4.79 Å². The van der Waals surface area contributed by atoms with Gasteiger partial charge in [-0.05, 0) is 31.2 Å². The number of Topliss-reactive ketones (excluding diaryl/α,β-unsaturated/α-hetero) is 1. The third-order valence-corrected chi connectivity index (χ3v) is 4.71. The molecule has 8 heteroatoms. The van der Waals surface area contributed by atoms with Crippen LogP contribution in [0.3, 0.4) is 0 Å². The van der Waals surface area contributed by atoms with Gasteiger partial charge >= 0.3 is 5.97 Å². The average molecular weight is 420 g/mol. The van der Waals surface area contributed by atoms with Crippen molar-refractivity contribution in [1.82, 2.24) is 10.1 Å². The standard InChI is InChI=1S/C23H17FN2O5/c1-13-21-16(11-18(25-22(21)31-26-13)14-6-4-3-5-7-14)23(28)30-12-19(27)15-8-9-20(29-2)17(24)10-15/h3-11H,12H2,1-2H3. The Kier molecular flexibility index (Phi) is 5.44. The number of pyridine rings is 1. The van der Waals surface area contributed by atoms with Gasteiger partial charge in [0, 0.05) is 11.1 Å². The van der Waals surface area contributed by atoms with Gasteiger partial charge < -0.3 is 14.0 Å². The highest BCUT2D eigenvalue weighted by molar-refractivity contribution is 6.06. The van der Waals surface area contributed by atoms with Crippen LogP contribution in [-0.4, -0.2) is 35.6 Å². The van der Waals surface area contributed by atoms with E-state index in [0.717, 1.165) is 11.6 Å². The van der Waals surface area contributed by atoms with E-state index in [2.05, 4.69) is 10.1 Å². The summed E-state index contributed by atoms with van der Waals surface area (Å²) >= 11 is 0. The quantitative estimate of drug-likeness (QED) is 0.337. The first-order chi connectivity index (χ1) is 15.0. The van der Waals surface area contributed by atoms with Gasteiger partial charge in [-0.1, -0.05) is 35.5 Å². The molecule has 0 aliphatic heterocycles. The molecule has 0 amide bonds. The smallest absolute Gasteiger partial charge is 0.339 e. The number of halogens is 1. The Bertz CT molecular complexity index is 1280. The third-order valence-electron chi connectivity index (χ3n) is 4.71. The van der Waals surface area contributed by atoms with Gasteiger partial charge in [-0.15, -0.1) is 0 Å². The highest BCUT2D eigenvalue weighted by Gasteiger charge is 2.21. The average Bonchev–Trinajstić information content (AvgIpc) is 3.17. The van der Waals surface area contributed by atoms with Gasteiger partial charge in [-0.2, -0.15) is 0 Å². The van der Waals surface area contributed by atoms with E-state index >= 15 is 0 Å². The number of carbonyl (C=O) groups excluding carboxylic acids is 2. The third kappa shape index (κ3) is 4.00. The number of carbonyl (C=O) groups is 2. The van der Waals surface area contributed by atoms with Gasteiger partial charge in [0.25, 0.3) is 5.71 Å². The van der Waals surface area contributed by atoms with Crippen molar-refractivity contribution < 1.29 is 28.0 Å². The number of aryl methyl sites for hydroxylation is 1. The second-order valence-corrected chi connectivity index (χ2v) is 6.72.